The Hall–Kier alpha value is -5.87. The number of allylic oxidation sites excluding steroid dienone is 1. The highest BCUT2D eigenvalue weighted by Gasteiger charge is 2.17. The lowest BCUT2D eigenvalue weighted by Gasteiger charge is -2.11. The van der Waals surface area contributed by atoms with Crippen molar-refractivity contribution in [2.45, 2.75) is 6.54 Å². The number of benzene rings is 6. The number of aliphatic imine (C=N–C) groups is 1. The number of H-pyrrole nitrogens is 1. The molecular weight excluding hydrogens is 536 g/mol. The zero-order valence-corrected chi connectivity index (χ0v) is 24.1. The number of hydrogen-bond acceptors (Lipinski definition) is 2. The van der Waals surface area contributed by atoms with E-state index in [4.69, 9.17) is 10.7 Å². The van der Waals surface area contributed by atoms with Gasteiger partial charge in [0.05, 0.1) is 28.8 Å². The third-order valence-corrected chi connectivity index (χ3v) is 8.38. The zero-order valence-electron chi connectivity index (χ0n) is 24.1. The van der Waals surface area contributed by atoms with Gasteiger partial charge in [0.2, 0.25) is 0 Å². The predicted molar refractivity (Wildman–Crippen MR) is 185 cm³/mol. The molecular formula is C40H30N4. The topological polar surface area (TPSA) is 59.1 Å². The van der Waals surface area contributed by atoms with Crippen molar-refractivity contribution in [2.24, 2.45) is 10.7 Å². The van der Waals surface area contributed by atoms with E-state index in [-0.39, 0.29) is 0 Å². The minimum Gasteiger partial charge on any atom is -0.398 e. The number of rotatable bonds is 6. The van der Waals surface area contributed by atoms with Gasteiger partial charge in [0.25, 0.3) is 0 Å². The number of nitrogens with one attached hydrogen (secondary N) is 1. The molecule has 0 amide bonds. The molecule has 4 nitrogen and oxygen atoms in total. The molecule has 2 aromatic heterocycles. The Balaban J connectivity index is 1.26. The maximum Gasteiger partial charge on any atom is 0.0783 e. The van der Waals surface area contributed by atoms with Gasteiger partial charge in [0.15, 0.2) is 0 Å². The molecule has 0 fully saturated rings. The van der Waals surface area contributed by atoms with Crippen LogP contribution < -0.4 is 5.73 Å². The summed E-state index contributed by atoms with van der Waals surface area (Å²) in [5, 5.41) is 4.93. The summed E-state index contributed by atoms with van der Waals surface area (Å²) in [4.78, 5) is 8.84. The van der Waals surface area contributed by atoms with Crippen LogP contribution in [-0.4, -0.2) is 15.3 Å². The summed E-state index contributed by atoms with van der Waals surface area (Å²) in [6.07, 6.45) is 1.98. The Bertz CT molecular complexity index is 2360. The van der Waals surface area contributed by atoms with Crippen molar-refractivity contribution >= 4 is 55.0 Å². The first-order valence-corrected chi connectivity index (χ1v) is 14.9. The van der Waals surface area contributed by atoms with Crippen LogP contribution in [0.15, 0.2) is 157 Å². The molecule has 8 rings (SSSR count). The summed E-state index contributed by atoms with van der Waals surface area (Å²) in [5.74, 6) is 0. The van der Waals surface area contributed by atoms with Crippen molar-refractivity contribution in [1.82, 2.24) is 9.55 Å². The average Bonchev–Trinajstić information content (AvgIpc) is 3.63. The maximum absolute atomic E-state index is 6.54. The van der Waals surface area contributed by atoms with Crippen LogP contribution in [0.2, 0.25) is 0 Å². The van der Waals surface area contributed by atoms with Crippen LogP contribution in [0.5, 0.6) is 0 Å². The number of para-hydroxylation sites is 2. The number of aromatic amines is 1. The first kappa shape index (κ1) is 25.8. The van der Waals surface area contributed by atoms with Crippen LogP contribution in [0.4, 0.5) is 0 Å². The van der Waals surface area contributed by atoms with E-state index < -0.39 is 0 Å². The standard InChI is InChI=1S/C40H30N4/c41-35(28-13-3-1-4-14-28)25-37(29-15-5-2-6-16-29)42-26-27-12-11-17-30(24-27)44-38-21-10-8-19-32(38)34-23-22-33-31-18-7-9-20-36(31)43-39(33)40(34)44/h1-25,43H,26,41H2/b35-25-,42-37+. The Morgan fingerprint density at radius 2 is 1.32 bits per heavy atom. The van der Waals surface area contributed by atoms with Crippen LogP contribution in [0.25, 0.3) is 55.0 Å². The summed E-state index contributed by atoms with van der Waals surface area (Å²) in [5.41, 5.74) is 17.0. The Morgan fingerprint density at radius 3 is 2.14 bits per heavy atom. The largest absolute Gasteiger partial charge is 0.398 e. The van der Waals surface area contributed by atoms with E-state index in [0.717, 1.165) is 39.1 Å². The SMILES string of the molecule is N/C(=C\C(=N/Cc1cccc(-n2c3ccccc3c3ccc4c5ccccc5[nH]c4c32)c1)c1ccccc1)c1ccccc1. The summed E-state index contributed by atoms with van der Waals surface area (Å²) in [7, 11) is 0. The lowest BCUT2D eigenvalue weighted by Crippen LogP contribution is -2.04. The summed E-state index contributed by atoms with van der Waals surface area (Å²) < 4.78 is 2.39. The van der Waals surface area contributed by atoms with Crippen LogP contribution in [0.1, 0.15) is 16.7 Å². The molecule has 0 radical (unpaired) electrons. The van der Waals surface area contributed by atoms with E-state index in [9.17, 15) is 0 Å². The van der Waals surface area contributed by atoms with E-state index in [1.165, 1.54) is 32.6 Å². The van der Waals surface area contributed by atoms with Crippen LogP contribution >= 0.6 is 0 Å². The number of nitrogens with zero attached hydrogens (tertiary/aromatic N) is 2. The van der Waals surface area contributed by atoms with Crippen LogP contribution in [-0.2, 0) is 6.54 Å². The fourth-order valence-corrected chi connectivity index (χ4v) is 6.30. The highest BCUT2D eigenvalue weighted by Crippen LogP contribution is 2.38. The smallest absolute Gasteiger partial charge is 0.0783 e. The van der Waals surface area contributed by atoms with Gasteiger partial charge in [0.1, 0.15) is 0 Å². The van der Waals surface area contributed by atoms with Gasteiger partial charge >= 0.3 is 0 Å². The van der Waals surface area contributed by atoms with Crippen molar-refractivity contribution in [3.8, 4) is 5.69 Å². The van der Waals surface area contributed by atoms with Gasteiger partial charge in [-0.1, -0.05) is 121 Å². The Kier molecular flexibility index (Phi) is 6.31. The van der Waals surface area contributed by atoms with Crippen LogP contribution in [0.3, 0.4) is 0 Å². The monoisotopic (exact) mass is 566 g/mol. The minimum absolute atomic E-state index is 0.523. The first-order chi connectivity index (χ1) is 21.7. The van der Waals surface area contributed by atoms with Crippen molar-refractivity contribution in [2.75, 3.05) is 0 Å². The Labute approximate surface area is 255 Å². The number of nitrogens with two attached hydrogens (primary N) is 1. The van der Waals surface area contributed by atoms with Crippen LogP contribution in [0, 0.1) is 0 Å². The molecule has 0 aliphatic heterocycles. The summed E-state index contributed by atoms with van der Waals surface area (Å²) >= 11 is 0. The molecule has 210 valence electrons. The zero-order chi connectivity index (χ0) is 29.5. The van der Waals surface area contributed by atoms with Gasteiger partial charge in [-0.05, 0) is 47.0 Å². The van der Waals surface area contributed by atoms with E-state index in [0.29, 0.717) is 12.2 Å². The van der Waals surface area contributed by atoms with Gasteiger partial charge in [0, 0.05) is 38.4 Å². The van der Waals surface area contributed by atoms with Crippen molar-refractivity contribution in [1.29, 1.82) is 0 Å². The third-order valence-electron chi connectivity index (χ3n) is 8.38. The number of aromatic nitrogens is 2. The molecule has 0 bridgehead atoms. The quantitative estimate of drug-likeness (QED) is 0.194. The molecule has 0 saturated carbocycles. The van der Waals surface area contributed by atoms with Gasteiger partial charge in [-0.3, -0.25) is 4.99 Å². The highest BCUT2D eigenvalue weighted by molar-refractivity contribution is 6.22. The van der Waals surface area contributed by atoms with E-state index >= 15 is 0 Å². The second-order valence-corrected chi connectivity index (χ2v) is 11.1. The molecule has 8 aromatic rings. The predicted octanol–water partition coefficient (Wildman–Crippen LogP) is 9.41. The van der Waals surface area contributed by atoms with Gasteiger partial charge < -0.3 is 15.3 Å². The first-order valence-electron chi connectivity index (χ1n) is 14.9. The summed E-state index contributed by atoms with van der Waals surface area (Å²) in [6, 6.07) is 50.7. The number of fused-ring (bicyclic) bond motifs is 7. The van der Waals surface area contributed by atoms with E-state index in [1.54, 1.807) is 0 Å². The van der Waals surface area contributed by atoms with Crippen molar-refractivity contribution in [3.05, 3.63) is 168 Å². The Morgan fingerprint density at radius 1 is 0.636 bits per heavy atom. The molecule has 0 saturated heterocycles. The second-order valence-electron chi connectivity index (χ2n) is 11.1. The molecule has 3 N–H and O–H groups in total. The summed E-state index contributed by atoms with van der Waals surface area (Å²) in [6.45, 7) is 0.523. The molecule has 4 heteroatoms. The highest BCUT2D eigenvalue weighted by atomic mass is 15.0. The normalized spacial score (nSPS) is 12.5. The molecule has 2 heterocycles. The lowest BCUT2D eigenvalue weighted by molar-refractivity contribution is 1.06. The fraction of sp³-hybridized carbons (Fsp3) is 0.0250. The third kappa shape index (κ3) is 4.45. The molecule has 0 atom stereocenters. The van der Waals surface area contributed by atoms with Gasteiger partial charge in [-0.25, -0.2) is 0 Å². The van der Waals surface area contributed by atoms with E-state index in [2.05, 4.69) is 107 Å². The fourth-order valence-electron chi connectivity index (χ4n) is 6.30. The molecule has 6 aromatic carbocycles. The number of hydrogen-bond donors (Lipinski definition) is 2. The van der Waals surface area contributed by atoms with Crippen molar-refractivity contribution < 1.29 is 0 Å². The maximum atomic E-state index is 6.54. The molecule has 0 spiro atoms. The molecule has 0 aliphatic rings. The van der Waals surface area contributed by atoms with E-state index in [1.807, 2.05) is 54.6 Å². The van der Waals surface area contributed by atoms with Crippen molar-refractivity contribution in [3.63, 3.8) is 0 Å². The molecule has 0 unspecified atom stereocenters. The van der Waals surface area contributed by atoms with Gasteiger partial charge in [-0.15, -0.1) is 0 Å². The average molecular weight is 567 g/mol. The molecule has 0 aliphatic carbocycles. The second kappa shape index (κ2) is 10.8. The lowest BCUT2D eigenvalue weighted by atomic mass is 10.1. The van der Waals surface area contributed by atoms with Gasteiger partial charge in [-0.2, -0.15) is 0 Å². The molecule has 44 heavy (non-hydrogen) atoms. The minimum atomic E-state index is 0.523.